The largest absolute Gasteiger partial charge is 0.328 e. The van der Waals surface area contributed by atoms with Gasteiger partial charge in [0, 0.05) is 12.3 Å². The Hall–Kier alpha value is 0.380. The highest BCUT2D eigenvalue weighted by Gasteiger charge is 2.39. The minimum Gasteiger partial charge on any atom is -0.328 e. The molecule has 1 saturated heterocycles. The van der Waals surface area contributed by atoms with E-state index in [1.165, 1.54) is 0 Å². The maximum atomic E-state index is 12.0. The zero-order valence-electron chi connectivity index (χ0n) is 8.77. The van der Waals surface area contributed by atoms with E-state index in [1.807, 2.05) is 0 Å². The van der Waals surface area contributed by atoms with E-state index >= 15 is 0 Å². The molecule has 0 N–H and O–H groups in total. The molecule has 0 aliphatic carbocycles. The highest BCUT2D eigenvalue weighted by molar-refractivity contribution is 7.76. The molecule has 1 aliphatic heterocycles. The second kappa shape index (κ2) is 4.94. The molecule has 1 fully saturated rings. The molecule has 14 heavy (non-hydrogen) atoms. The van der Waals surface area contributed by atoms with Gasteiger partial charge in [0.2, 0.25) is 14.7 Å². The van der Waals surface area contributed by atoms with Crippen LogP contribution in [0.1, 0.15) is 20.3 Å². The third-order valence-corrected chi connectivity index (χ3v) is 9.06. The minimum absolute atomic E-state index is 0.141. The van der Waals surface area contributed by atoms with Gasteiger partial charge in [0.05, 0.1) is 13.2 Å². The van der Waals surface area contributed by atoms with Crippen LogP contribution in [-0.4, -0.2) is 31.4 Å². The van der Waals surface area contributed by atoms with Crippen molar-refractivity contribution in [3.05, 3.63) is 0 Å². The first-order valence-corrected chi connectivity index (χ1v) is 8.98. The molecule has 0 unspecified atom stereocenters. The predicted molar refractivity (Wildman–Crippen MR) is 57.7 cm³/mol. The fraction of sp³-hybridized carbons (Fsp3) is 1.00. The van der Waals surface area contributed by atoms with Gasteiger partial charge in [0.25, 0.3) is 0 Å². The number of rotatable bonds is 4. The van der Waals surface area contributed by atoms with E-state index in [9.17, 15) is 9.13 Å². The van der Waals surface area contributed by atoms with Crippen LogP contribution in [0.2, 0.25) is 0 Å². The molecule has 2 atom stereocenters. The van der Waals surface area contributed by atoms with Crippen LogP contribution < -0.4 is 0 Å². The summed E-state index contributed by atoms with van der Waals surface area (Å²) in [5, 5.41) is 0. The molecule has 1 aliphatic rings. The van der Waals surface area contributed by atoms with E-state index < -0.39 is 14.7 Å². The van der Waals surface area contributed by atoms with Gasteiger partial charge in [-0.25, -0.2) is 0 Å². The molecule has 0 saturated carbocycles. The zero-order chi connectivity index (χ0) is 10.7. The lowest BCUT2D eigenvalue weighted by atomic mass is 10.6. The summed E-state index contributed by atoms with van der Waals surface area (Å²) < 4.78 is 34.5. The molecule has 1 heterocycles. The lowest BCUT2D eigenvalue weighted by molar-refractivity contribution is 0.317. The zero-order valence-corrected chi connectivity index (χ0v) is 10.6. The topological polar surface area (TPSA) is 52.6 Å². The van der Waals surface area contributed by atoms with E-state index in [4.69, 9.17) is 9.05 Å². The monoisotopic (exact) mass is 240 g/mol. The van der Waals surface area contributed by atoms with Gasteiger partial charge in [0.1, 0.15) is 5.90 Å². The van der Waals surface area contributed by atoms with Gasteiger partial charge in [-0.05, 0) is 20.3 Å². The first-order valence-electron chi connectivity index (χ1n) is 4.99. The van der Waals surface area contributed by atoms with E-state index in [0.29, 0.717) is 32.0 Å². The van der Waals surface area contributed by atoms with Gasteiger partial charge in [0.15, 0.2) is 0 Å². The fourth-order valence-corrected chi connectivity index (χ4v) is 8.84. The number of hydrogen-bond acceptors (Lipinski definition) is 4. The first kappa shape index (κ1) is 12.4. The maximum absolute atomic E-state index is 12.0. The molecule has 0 aromatic heterocycles. The Kier molecular flexibility index (Phi) is 4.39. The minimum atomic E-state index is -2.65. The molecular weight excluding hydrogens is 222 g/mol. The summed E-state index contributed by atoms with van der Waals surface area (Å²) in [5.41, 5.74) is 0. The highest BCUT2D eigenvalue weighted by Crippen LogP contribution is 2.66. The second-order valence-corrected chi connectivity index (χ2v) is 9.21. The van der Waals surface area contributed by atoms with Gasteiger partial charge in [-0.3, -0.25) is 9.13 Å². The third-order valence-electron chi connectivity index (χ3n) is 2.16. The van der Waals surface area contributed by atoms with E-state index in [0.717, 1.165) is 0 Å². The summed E-state index contributed by atoms with van der Waals surface area (Å²) in [7, 11) is -5.31. The smallest absolute Gasteiger partial charge is 0.212 e. The van der Waals surface area contributed by atoms with E-state index in [2.05, 4.69) is 0 Å². The van der Waals surface area contributed by atoms with Crippen molar-refractivity contribution in [3.8, 4) is 0 Å². The molecule has 0 radical (unpaired) electrons. The van der Waals surface area contributed by atoms with Gasteiger partial charge in [-0.1, -0.05) is 0 Å². The molecule has 0 aromatic carbocycles. The van der Waals surface area contributed by atoms with Crippen molar-refractivity contribution < 1.29 is 18.2 Å². The van der Waals surface area contributed by atoms with Gasteiger partial charge in [-0.2, -0.15) is 0 Å². The van der Waals surface area contributed by atoms with Crippen molar-refractivity contribution >= 4 is 14.7 Å². The first-order chi connectivity index (χ1) is 6.54. The van der Waals surface area contributed by atoms with Crippen molar-refractivity contribution in [3.63, 3.8) is 0 Å². The average molecular weight is 240 g/mol. The van der Waals surface area contributed by atoms with Crippen LogP contribution in [0.3, 0.4) is 0 Å². The standard InChI is InChI=1S/C8H18O4P2/c1-3-11-13(9)6-5-7-14(10,8-13)12-4-2/h3-8H2,1-2H3/t13-,14-/m0/s1. The third kappa shape index (κ3) is 3.20. The van der Waals surface area contributed by atoms with Crippen LogP contribution in [0.15, 0.2) is 0 Å². The summed E-state index contributed by atoms with van der Waals surface area (Å²) in [5.74, 6) is 0.141. The molecule has 6 heteroatoms. The van der Waals surface area contributed by atoms with Crippen molar-refractivity contribution in [1.29, 1.82) is 0 Å². The highest BCUT2D eigenvalue weighted by atomic mass is 31.2. The molecule has 0 amide bonds. The molecular formula is C8H18O4P2. The Morgan fingerprint density at radius 2 is 1.43 bits per heavy atom. The normalized spacial score (nSPS) is 38.4. The van der Waals surface area contributed by atoms with Crippen molar-refractivity contribution in [2.45, 2.75) is 20.3 Å². The van der Waals surface area contributed by atoms with Crippen molar-refractivity contribution in [2.75, 3.05) is 31.4 Å². The summed E-state index contributed by atoms with van der Waals surface area (Å²) in [6.45, 7) is 4.45. The molecule has 0 bridgehead atoms. The Morgan fingerprint density at radius 1 is 1.00 bits per heavy atom. The summed E-state index contributed by atoms with van der Waals surface area (Å²) >= 11 is 0. The summed E-state index contributed by atoms with van der Waals surface area (Å²) in [4.78, 5) is 0. The summed E-state index contributed by atoms with van der Waals surface area (Å²) in [6, 6.07) is 0. The fourth-order valence-electron chi connectivity index (χ4n) is 1.70. The van der Waals surface area contributed by atoms with Crippen LogP contribution in [0.5, 0.6) is 0 Å². The molecule has 0 spiro atoms. The van der Waals surface area contributed by atoms with Crippen molar-refractivity contribution in [2.24, 2.45) is 0 Å². The molecule has 4 nitrogen and oxygen atoms in total. The van der Waals surface area contributed by atoms with E-state index in [-0.39, 0.29) is 5.90 Å². The predicted octanol–water partition coefficient (Wildman–Crippen LogP) is 2.98. The Balaban J connectivity index is 2.68. The Bertz CT molecular complexity index is 239. The van der Waals surface area contributed by atoms with Crippen LogP contribution in [-0.2, 0) is 18.2 Å². The van der Waals surface area contributed by atoms with Crippen LogP contribution >= 0.6 is 14.7 Å². The van der Waals surface area contributed by atoms with E-state index in [1.54, 1.807) is 13.8 Å². The van der Waals surface area contributed by atoms with Gasteiger partial charge >= 0.3 is 0 Å². The lowest BCUT2D eigenvalue weighted by Gasteiger charge is -2.28. The average Bonchev–Trinajstić information content (AvgIpc) is 2.02. The summed E-state index contributed by atoms with van der Waals surface area (Å²) in [6.07, 6.45) is 1.80. The Labute approximate surface area is 85.3 Å². The van der Waals surface area contributed by atoms with Gasteiger partial charge in [-0.15, -0.1) is 0 Å². The van der Waals surface area contributed by atoms with Crippen molar-refractivity contribution in [1.82, 2.24) is 0 Å². The second-order valence-electron chi connectivity index (χ2n) is 3.41. The van der Waals surface area contributed by atoms with Crippen LogP contribution in [0, 0.1) is 0 Å². The maximum Gasteiger partial charge on any atom is 0.212 e. The van der Waals surface area contributed by atoms with Gasteiger partial charge < -0.3 is 9.05 Å². The SMILES string of the molecule is CCO[P@@]1(=O)CCC[P@](=O)(OCC)C1. The molecule has 84 valence electrons. The number of hydrogen-bond donors (Lipinski definition) is 0. The van der Waals surface area contributed by atoms with Crippen LogP contribution in [0.25, 0.3) is 0 Å². The lowest BCUT2D eigenvalue weighted by Crippen LogP contribution is -2.12. The molecule has 0 aromatic rings. The molecule has 1 rings (SSSR count). The Morgan fingerprint density at radius 3 is 1.79 bits per heavy atom. The quantitative estimate of drug-likeness (QED) is 0.709. The van der Waals surface area contributed by atoms with Crippen LogP contribution in [0.4, 0.5) is 0 Å².